The van der Waals surface area contributed by atoms with E-state index < -0.39 is 16.1 Å². The fraction of sp³-hybridized carbons (Fsp3) is 0.500. The Morgan fingerprint density at radius 3 is 2.63 bits per heavy atom. The molecule has 1 aromatic heterocycles. The molecule has 1 aromatic carbocycles. The maximum absolute atomic E-state index is 12.9. The Morgan fingerprint density at radius 1 is 1.20 bits per heavy atom. The van der Waals surface area contributed by atoms with Crippen molar-refractivity contribution in [2.75, 3.05) is 5.32 Å². The third-order valence-electron chi connectivity index (χ3n) is 5.09. The number of amidine groups is 1. The normalized spacial score (nSPS) is 17.0. The van der Waals surface area contributed by atoms with Crippen LogP contribution < -0.4 is 10.0 Å². The molecule has 0 fully saturated rings. The molecule has 3 rings (SSSR count). The van der Waals surface area contributed by atoms with Crippen molar-refractivity contribution in [1.29, 1.82) is 0 Å². The molecule has 2 aromatic rings. The molecule has 0 saturated heterocycles. The van der Waals surface area contributed by atoms with Gasteiger partial charge in [0.25, 0.3) is 15.9 Å². The van der Waals surface area contributed by atoms with E-state index in [4.69, 9.17) is 0 Å². The average molecular weight is 450 g/mol. The lowest BCUT2D eigenvalue weighted by Crippen LogP contribution is -2.30. The zero-order valence-electron chi connectivity index (χ0n) is 17.4. The van der Waals surface area contributed by atoms with E-state index in [1.54, 1.807) is 18.2 Å². The summed E-state index contributed by atoms with van der Waals surface area (Å²) in [4.78, 5) is 17.6. The van der Waals surface area contributed by atoms with Gasteiger partial charge in [-0.25, -0.2) is 8.42 Å². The number of carbonyl (C=O) groups excluding carboxylic acids is 1. The summed E-state index contributed by atoms with van der Waals surface area (Å²) in [6.45, 7) is 6.23. The molecule has 2 N–H and O–H groups in total. The number of amides is 1. The van der Waals surface area contributed by atoms with E-state index in [0.29, 0.717) is 23.0 Å². The van der Waals surface area contributed by atoms with Crippen molar-refractivity contribution in [1.82, 2.24) is 14.9 Å². The van der Waals surface area contributed by atoms with Gasteiger partial charge in [0.1, 0.15) is 16.9 Å². The molecule has 30 heavy (non-hydrogen) atoms. The minimum Gasteiger partial charge on any atom is -0.299 e. The third kappa shape index (κ3) is 4.86. The lowest BCUT2D eigenvalue weighted by atomic mass is 10.1. The lowest BCUT2D eigenvalue weighted by Gasteiger charge is -2.12. The monoisotopic (exact) mass is 449 g/mol. The van der Waals surface area contributed by atoms with Gasteiger partial charge in [0.05, 0.1) is 4.90 Å². The number of anilines is 1. The molecule has 0 aliphatic carbocycles. The molecule has 1 aliphatic rings. The Morgan fingerprint density at radius 2 is 1.93 bits per heavy atom. The second kappa shape index (κ2) is 9.65. The topological polar surface area (TPSA) is 113 Å². The highest BCUT2D eigenvalue weighted by Gasteiger charge is 2.32. The molecule has 0 radical (unpaired) electrons. The van der Waals surface area contributed by atoms with Gasteiger partial charge in [0, 0.05) is 11.5 Å². The fourth-order valence-corrected chi connectivity index (χ4v) is 5.57. The predicted molar refractivity (Wildman–Crippen MR) is 118 cm³/mol. The van der Waals surface area contributed by atoms with E-state index in [0.717, 1.165) is 30.7 Å². The van der Waals surface area contributed by atoms with Crippen molar-refractivity contribution < 1.29 is 13.2 Å². The first-order valence-electron chi connectivity index (χ1n) is 10.2. The summed E-state index contributed by atoms with van der Waals surface area (Å²) in [6.07, 6.45) is 4.12. The first-order chi connectivity index (χ1) is 14.4. The van der Waals surface area contributed by atoms with Crippen LogP contribution in [0.1, 0.15) is 69.4 Å². The highest BCUT2D eigenvalue weighted by atomic mass is 32.2. The van der Waals surface area contributed by atoms with Crippen molar-refractivity contribution in [2.24, 2.45) is 4.99 Å². The van der Waals surface area contributed by atoms with Gasteiger partial charge in [-0.1, -0.05) is 57.1 Å². The molecule has 1 amide bonds. The van der Waals surface area contributed by atoms with Gasteiger partial charge in [0.15, 0.2) is 0 Å². The first-order valence-corrected chi connectivity index (χ1v) is 12.5. The van der Waals surface area contributed by atoms with E-state index in [1.165, 1.54) is 17.4 Å². The summed E-state index contributed by atoms with van der Waals surface area (Å²) >= 11 is 1.38. The number of benzene rings is 1. The number of nitrogens with zero attached hydrogens (tertiary/aromatic N) is 3. The van der Waals surface area contributed by atoms with Crippen molar-refractivity contribution in [3.63, 3.8) is 0 Å². The van der Waals surface area contributed by atoms with E-state index in [9.17, 15) is 13.2 Å². The summed E-state index contributed by atoms with van der Waals surface area (Å²) in [5.41, 5.74) is 0.485. The van der Waals surface area contributed by atoms with E-state index in [2.05, 4.69) is 39.1 Å². The highest BCUT2D eigenvalue weighted by molar-refractivity contribution is 7.90. The third-order valence-corrected chi connectivity index (χ3v) is 7.49. The Bertz CT molecular complexity index is 1030. The number of sulfonamides is 1. The zero-order valence-corrected chi connectivity index (χ0v) is 19.0. The van der Waals surface area contributed by atoms with Gasteiger partial charge in [-0.05, 0) is 31.4 Å². The molecule has 1 aliphatic heterocycles. The Kier molecular flexibility index (Phi) is 7.19. The van der Waals surface area contributed by atoms with Crippen LogP contribution in [0.5, 0.6) is 0 Å². The number of fused-ring (bicyclic) bond motifs is 1. The number of nitrogens with one attached hydrogen (secondary N) is 2. The number of unbranched alkanes of at least 4 members (excludes halogenated alkanes) is 1. The molecule has 1 unspecified atom stereocenters. The maximum atomic E-state index is 12.9. The maximum Gasteiger partial charge on any atom is 0.263 e. The van der Waals surface area contributed by atoms with Crippen LogP contribution in [0.2, 0.25) is 0 Å². The second-order valence-electron chi connectivity index (χ2n) is 7.19. The second-order valence-corrected chi connectivity index (χ2v) is 9.85. The van der Waals surface area contributed by atoms with Gasteiger partial charge in [-0.2, -0.15) is 0 Å². The Balaban J connectivity index is 1.83. The molecule has 162 valence electrons. The molecule has 1 atom stereocenters. The standard InChI is InChI=1S/C20H27N5O3S2/c1-4-7-11-15(18(26)22-20-24-23-19(29-20)13(5-2)6-3)21-17-14-10-8-9-12-16(14)30(27,28)25-17/h8-10,12-13,15H,4-7,11H2,1-3H3,(H,21,25)(H,22,24,26). The fourth-order valence-electron chi connectivity index (χ4n) is 3.31. The van der Waals surface area contributed by atoms with Crippen LogP contribution in [-0.2, 0) is 14.8 Å². The minimum atomic E-state index is -3.65. The Labute approximate surface area is 181 Å². The molecular formula is C20H27N5O3S2. The van der Waals surface area contributed by atoms with Crippen molar-refractivity contribution in [2.45, 2.75) is 69.7 Å². The predicted octanol–water partition coefficient (Wildman–Crippen LogP) is 3.68. The number of aromatic nitrogens is 2. The molecule has 10 heteroatoms. The summed E-state index contributed by atoms with van der Waals surface area (Å²) in [7, 11) is -3.65. The van der Waals surface area contributed by atoms with Gasteiger partial charge in [-0.3, -0.25) is 19.8 Å². The Hall–Kier alpha value is -2.33. The molecule has 0 saturated carbocycles. The van der Waals surface area contributed by atoms with Crippen molar-refractivity contribution >= 4 is 38.2 Å². The number of aliphatic imine (C=N–C) groups is 1. The van der Waals surface area contributed by atoms with Crippen molar-refractivity contribution in [3.05, 3.63) is 34.8 Å². The molecular weight excluding hydrogens is 422 g/mol. The number of rotatable bonds is 9. The van der Waals surface area contributed by atoms with E-state index in [1.807, 2.05) is 6.92 Å². The van der Waals surface area contributed by atoms with E-state index >= 15 is 0 Å². The van der Waals surface area contributed by atoms with Crippen LogP contribution >= 0.6 is 11.3 Å². The van der Waals surface area contributed by atoms with E-state index in [-0.39, 0.29) is 16.6 Å². The van der Waals surface area contributed by atoms with Gasteiger partial charge >= 0.3 is 0 Å². The summed E-state index contributed by atoms with van der Waals surface area (Å²) in [6, 6.07) is 5.90. The van der Waals surface area contributed by atoms with Crippen LogP contribution in [0.25, 0.3) is 0 Å². The average Bonchev–Trinajstić information content (AvgIpc) is 3.28. The molecule has 0 bridgehead atoms. The molecule has 0 spiro atoms. The van der Waals surface area contributed by atoms with Gasteiger partial charge in [-0.15, -0.1) is 10.2 Å². The molecule has 8 nitrogen and oxygen atoms in total. The largest absolute Gasteiger partial charge is 0.299 e. The van der Waals surface area contributed by atoms with Crippen LogP contribution in [-0.4, -0.2) is 36.4 Å². The van der Waals surface area contributed by atoms with Crippen LogP contribution in [0.3, 0.4) is 0 Å². The zero-order chi connectivity index (χ0) is 21.7. The SMILES string of the molecule is CCCCC(N=C1NS(=O)(=O)c2ccccc21)C(=O)Nc1nnc(C(CC)CC)s1. The smallest absolute Gasteiger partial charge is 0.263 e. The lowest BCUT2D eigenvalue weighted by molar-refractivity contribution is -0.117. The summed E-state index contributed by atoms with van der Waals surface area (Å²) < 4.78 is 27.1. The quantitative estimate of drug-likeness (QED) is 0.606. The summed E-state index contributed by atoms with van der Waals surface area (Å²) in [5, 5.41) is 12.5. The summed E-state index contributed by atoms with van der Waals surface area (Å²) in [5.74, 6) is 0.220. The molecule has 2 heterocycles. The highest BCUT2D eigenvalue weighted by Crippen LogP contribution is 2.28. The number of hydrogen-bond acceptors (Lipinski definition) is 7. The van der Waals surface area contributed by atoms with Crippen LogP contribution in [0.15, 0.2) is 34.2 Å². The number of hydrogen-bond donors (Lipinski definition) is 2. The minimum absolute atomic E-state index is 0.178. The first kappa shape index (κ1) is 22.4. The van der Waals surface area contributed by atoms with Crippen molar-refractivity contribution in [3.8, 4) is 0 Å². The number of carbonyl (C=O) groups is 1. The van der Waals surface area contributed by atoms with Crippen LogP contribution in [0.4, 0.5) is 5.13 Å². The van der Waals surface area contributed by atoms with Crippen LogP contribution in [0, 0.1) is 0 Å². The van der Waals surface area contributed by atoms with Gasteiger partial charge < -0.3 is 0 Å². The van der Waals surface area contributed by atoms with Gasteiger partial charge in [0.2, 0.25) is 5.13 Å².